The molecule has 1 aliphatic heterocycles. The summed E-state index contributed by atoms with van der Waals surface area (Å²) in [5.74, 6) is 1.34. The van der Waals surface area contributed by atoms with Crippen molar-refractivity contribution in [3.05, 3.63) is 23.9 Å². The smallest absolute Gasteiger partial charge is 0.213 e. The molecule has 0 saturated carbocycles. The second kappa shape index (κ2) is 4.62. The molecular formula is C12H18N2O. The first-order chi connectivity index (χ1) is 7.25. The second-order valence-corrected chi connectivity index (χ2v) is 4.30. The van der Waals surface area contributed by atoms with E-state index in [1.807, 2.05) is 25.3 Å². The number of aromatic nitrogens is 1. The first-order valence-electron chi connectivity index (χ1n) is 5.56. The van der Waals surface area contributed by atoms with Crippen LogP contribution in [0.25, 0.3) is 0 Å². The predicted molar refractivity (Wildman–Crippen MR) is 60.0 cm³/mol. The van der Waals surface area contributed by atoms with Crippen LogP contribution in [0.15, 0.2) is 18.3 Å². The average Bonchev–Trinajstić information content (AvgIpc) is 2.25. The highest BCUT2D eigenvalue weighted by Crippen LogP contribution is 2.17. The molecule has 1 fully saturated rings. The molecule has 1 aromatic heterocycles. The average molecular weight is 206 g/mol. The Labute approximate surface area is 90.9 Å². The first kappa shape index (κ1) is 10.4. The molecule has 1 N–H and O–H groups in total. The van der Waals surface area contributed by atoms with Crippen molar-refractivity contribution in [1.29, 1.82) is 0 Å². The number of nitrogens with one attached hydrogen (secondary N) is 1. The zero-order valence-electron chi connectivity index (χ0n) is 9.36. The SMILES string of the molecule is Cc1ccc(OC2CNCCC2C)nc1. The van der Waals surface area contributed by atoms with Crippen molar-refractivity contribution >= 4 is 0 Å². The van der Waals surface area contributed by atoms with Crippen molar-refractivity contribution in [3.8, 4) is 5.88 Å². The van der Waals surface area contributed by atoms with Crippen LogP contribution in [-0.4, -0.2) is 24.2 Å². The van der Waals surface area contributed by atoms with E-state index in [-0.39, 0.29) is 6.10 Å². The number of aryl methyl sites for hydroxylation is 1. The van der Waals surface area contributed by atoms with Gasteiger partial charge in [0, 0.05) is 18.8 Å². The summed E-state index contributed by atoms with van der Waals surface area (Å²) in [5, 5.41) is 3.34. The Bertz CT molecular complexity index is 310. The number of nitrogens with zero attached hydrogens (tertiary/aromatic N) is 1. The molecule has 1 aromatic rings. The van der Waals surface area contributed by atoms with Gasteiger partial charge in [-0.1, -0.05) is 13.0 Å². The summed E-state index contributed by atoms with van der Waals surface area (Å²) in [6, 6.07) is 3.97. The molecule has 0 aliphatic carbocycles. The first-order valence-corrected chi connectivity index (χ1v) is 5.56. The van der Waals surface area contributed by atoms with Gasteiger partial charge in [0.1, 0.15) is 6.10 Å². The van der Waals surface area contributed by atoms with Gasteiger partial charge in [0.05, 0.1) is 0 Å². The number of rotatable bonds is 2. The lowest BCUT2D eigenvalue weighted by molar-refractivity contribution is 0.110. The Morgan fingerprint density at radius 1 is 1.47 bits per heavy atom. The molecule has 0 bridgehead atoms. The summed E-state index contributed by atoms with van der Waals surface area (Å²) < 4.78 is 5.85. The van der Waals surface area contributed by atoms with E-state index in [1.165, 1.54) is 6.42 Å². The molecule has 15 heavy (non-hydrogen) atoms. The minimum Gasteiger partial charge on any atom is -0.473 e. The lowest BCUT2D eigenvalue weighted by atomic mass is 9.97. The lowest BCUT2D eigenvalue weighted by Gasteiger charge is -2.29. The van der Waals surface area contributed by atoms with Gasteiger partial charge in [-0.3, -0.25) is 0 Å². The normalized spacial score (nSPS) is 26.3. The molecule has 0 amide bonds. The fourth-order valence-corrected chi connectivity index (χ4v) is 1.80. The molecule has 2 atom stereocenters. The van der Waals surface area contributed by atoms with Crippen molar-refractivity contribution in [2.75, 3.05) is 13.1 Å². The summed E-state index contributed by atoms with van der Waals surface area (Å²) >= 11 is 0. The van der Waals surface area contributed by atoms with Crippen LogP contribution >= 0.6 is 0 Å². The molecule has 1 saturated heterocycles. The predicted octanol–water partition coefficient (Wildman–Crippen LogP) is 1.77. The van der Waals surface area contributed by atoms with E-state index in [2.05, 4.69) is 17.2 Å². The van der Waals surface area contributed by atoms with E-state index in [4.69, 9.17) is 4.74 Å². The topological polar surface area (TPSA) is 34.1 Å². The maximum atomic E-state index is 5.85. The van der Waals surface area contributed by atoms with Crippen LogP contribution in [-0.2, 0) is 0 Å². The molecule has 3 heteroatoms. The number of piperidine rings is 1. The van der Waals surface area contributed by atoms with Crippen molar-refractivity contribution in [2.24, 2.45) is 5.92 Å². The summed E-state index contributed by atoms with van der Waals surface area (Å²) in [7, 11) is 0. The maximum absolute atomic E-state index is 5.85. The van der Waals surface area contributed by atoms with Crippen LogP contribution < -0.4 is 10.1 Å². The van der Waals surface area contributed by atoms with E-state index >= 15 is 0 Å². The highest BCUT2D eigenvalue weighted by molar-refractivity contribution is 5.16. The highest BCUT2D eigenvalue weighted by Gasteiger charge is 2.22. The van der Waals surface area contributed by atoms with Crippen molar-refractivity contribution < 1.29 is 4.74 Å². The minimum absolute atomic E-state index is 0.258. The number of hydrogen-bond donors (Lipinski definition) is 1. The van der Waals surface area contributed by atoms with E-state index < -0.39 is 0 Å². The van der Waals surface area contributed by atoms with Crippen LogP contribution in [0, 0.1) is 12.8 Å². The molecule has 3 nitrogen and oxygen atoms in total. The summed E-state index contributed by atoms with van der Waals surface area (Å²) in [6.45, 7) is 6.29. The van der Waals surface area contributed by atoms with Crippen LogP contribution in [0.2, 0.25) is 0 Å². The van der Waals surface area contributed by atoms with Gasteiger partial charge in [-0.05, 0) is 31.4 Å². The van der Waals surface area contributed by atoms with Gasteiger partial charge in [-0.25, -0.2) is 4.98 Å². The molecule has 2 rings (SSSR count). The van der Waals surface area contributed by atoms with Crippen LogP contribution in [0.4, 0.5) is 0 Å². The van der Waals surface area contributed by atoms with Crippen LogP contribution in [0.3, 0.4) is 0 Å². The summed E-state index contributed by atoms with van der Waals surface area (Å²) in [5.41, 5.74) is 1.16. The van der Waals surface area contributed by atoms with Crippen molar-refractivity contribution in [3.63, 3.8) is 0 Å². The van der Waals surface area contributed by atoms with E-state index in [9.17, 15) is 0 Å². The zero-order valence-corrected chi connectivity index (χ0v) is 9.36. The second-order valence-electron chi connectivity index (χ2n) is 4.30. The third-order valence-electron chi connectivity index (χ3n) is 2.91. The Morgan fingerprint density at radius 2 is 2.33 bits per heavy atom. The van der Waals surface area contributed by atoms with Gasteiger partial charge in [0.25, 0.3) is 0 Å². The summed E-state index contributed by atoms with van der Waals surface area (Å²) in [4.78, 5) is 4.26. The van der Waals surface area contributed by atoms with Gasteiger partial charge in [-0.15, -0.1) is 0 Å². The van der Waals surface area contributed by atoms with E-state index in [0.29, 0.717) is 5.92 Å². The van der Waals surface area contributed by atoms with Crippen molar-refractivity contribution in [2.45, 2.75) is 26.4 Å². The minimum atomic E-state index is 0.258. The monoisotopic (exact) mass is 206 g/mol. The van der Waals surface area contributed by atoms with E-state index in [0.717, 1.165) is 24.5 Å². The molecule has 82 valence electrons. The van der Waals surface area contributed by atoms with Gasteiger partial charge in [0.2, 0.25) is 5.88 Å². The molecular weight excluding hydrogens is 188 g/mol. The molecule has 0 aromatic carbocycles. The fourth-order valence-electron chi connectivity index (χ4n) is 1.80. The fraction of sp³-hybridized carbons (Fsp3) is 0.583. The quantitative estimate of drug-likeness (QED) is 0.800. The molecule has 0 spiro atoms. The Kier molecular flexibility index (Phi) is 3.21. The standard InChI is InChI=1S/C12H18N2O/c1-9-3-4-12(14-7-9)15-11-8-13-6-5-10(11)2/h3-4,7,10-11,13H,5-6,8H2,1-2H3. The Balaban J connectivity index is 1.98. The molecule has 0 radical (unpaired) electrons. The van der Waals surface area contributed by atoms with Gasteiger partial charge < -0.3 is 10.1 Å². The lowest BCUT2D eigenvalue weighted by Crippen LogP contribution is -2.42. The zero-order chi connectivity index (χ0) is 10.7. The van der Waals surface area contributed by atoms with Crippen LogP contribution in [0.5, 0.6) is 5.88 Å². The van der Waals surface area contributed by atoms with E-state index in [1.54, 1.807) is 0 Å². The largest absolute Gasteiger partial charge is 0.473 e. The van der Waals surface area contributed by atoms with Gasteiger partial charge >= 0.3 is 0 Å². The third-order valence-corrected chi connectivity index (χ3v) is 2.91. The molecule has 1 aliphatic rings. The van der Waals surface area contributed by atoms with Crippen LogP contribution in [0.1, 0.15) is 18.9 Å². The Hall–Kier alpha value is -1.09. The number of pyridine rings is 1. The van der Waals surface area contributed by atoms with Crippen molar-refractivity contribution in [1.82, 2.24) is 10.3 Å². The van der Waals surface area contributed by atoms with Gasteiger partial charge in [-0.2, -0.15) is 0 Å². The molecule has 2 heterocycles. The van der Waals surface area contributed by atoms with Gasteiger partial charge in [0.15, 0.2) is 0 Å². The highest BCUT2D eigenvalue weighted by atomic mass is 16.5. The number of hydrogen-bond acceptors (Lipinski definition) is 3. The summed E-state index contributed by atoms with van der Waals surface area (Å²) in [6.07, 6.45) is 3.28. The Morgan fingerprint density at radius 3 is 3.00 bits per heavy atom. The third kappa shape index (κ3) is 2.69. The number of ether oxygens (including phenoxy) is 1. The molecule has 2 unspecified atom stereocenters. The maximum Gasteiger partial charge on any atom is 0.213 e.